The van der Waals surface area contributed by atoms with Gasteiger partial charge in [-0.3, -0.25) is 4.79 Å². The molecule has 4 nitrogen and oxygen atoms in total. The number of benzene rings is 2. The number of amides is 1. The van der Waals surface area contributed by atoms with E-state index in [0.717, 1.165) is 16.9 Å². The highest BCUT2D eigenvalue weighted by atomic mass is 16.5. The fourth-order valence-electron chi connectivity index (χ4n) is 2.28. The molecule has 0 bridgehead atoms. The highest BCUT2D eigenvalue weighted by Crippen LogP contribution is 2.19. The Morgan fingerprint density at radius 1 is 1.17 bits per heavy atom. The van der Waals surface area contributed by atoms with Gasteiger partial charge >= 0.3 is 0 Å². The second-order valence-corrected chi connectivity index (χ2v) is 5.97. The van der Waals surface area contributed by atoms with Crippen LogP contribution in [0.25, 0.3) is 0 Å². The summed E-state index contributed by atoms with van der Waals surface area (Å²) in [6.07, 6.45) is -0.147. The molecule has 0 saturated carbocycles. The molecule has 0 aliphatic carbocycles. The molecule has 2 unspecified atom stereocenters. The lowest BCUT2D eigenvalue weighted by molar-refractivity contribution is -0.126. The molecular weight excluding hydrogens is 288 g/mol. The predicted molar refractivity (Wildman–Crippen MR) is 92.3 cm³/mol. The van der Waals surface area contributed by atoms with Crippen molar-refractivity contribution in [3.05, 3.63) is 65.7 Å². The van der Waals surface area contributed by atoms with Crippen LogP contribution in [0.15, 0.2) is 54.6 Å². The summed E-state index contributed by atoms with van der Waals surface area (Å²) < 4.78 is 5.86. The van der Waals surface area contributed by atoms with Crippen LogP contribution in [0.4, 0.5) is 0 Å². The highest BCUT2D eigenvalue weighted by molar-refractivity contribution is 5.86. The Labute approximate surface area is 137 Å². The van der Waals surface area contributed by atoms with Crippen molar-refractivity contribution < 1.29 is 9.53 Å². The van der Waals surface area contributed by atoms with Crippen LogP contribution in [-0.2, 0) is 10.3 Å². The standard InChI is InChI=1S/C19H24N2O2/c1-14-9-7-8-12-17(14)23-15(2)13-21-18(22)19(3,20)16-10-5-4-6-11-16/h4-12,15H,13,20H2,1-3H3,(H,21,22). The zero-order valence-corrected chi connectivity index (χ0v) is 13.9. The first-order chi connectivity index (χ1) is 10.9. The Kier molecular flexibility index (Phi) is 5.40. The third kappa shape index (κ3) is 4.33. The van der Waals surface area contributed by atoms with E-state index in [0.29, 0.717) is 6.54 Å². The first-order valence-corrected chi connectivity index (χ1v) is 7.76. The number of carbonyl (C=O) groups is 1. The molecule has 23 heavy (non-hydrogen) atoms. The van der Waals surface area contributed by atoms with Crippen LogP contribution in [0.1, 0.15) is 25.0 Å². The maximum atomic E-state index is 12.4. The summed E-state index contributed by atoms with van der Waals surface area (Å²) in [4.78, 5) is 12.4. The number of rotatable bonds is 6. The van der Waals surface area contributed by atoms with Gasteiger partial charge in [0.2, 0.25) is 5.91 Å². The van der Waals surface area contributed by atoms with Crippen molar-refractivity contribution in [2.75, 3.05) is 6.54 Å². The molecule has 2 aromatic rings. The summed E-state index contributed by atoms with van der Waals surface area (Å²) in [5, 5.41) is 2.87. The minimum atomic E-state index is -1.07. The van der Waals surface area contributed by atoms with Crippen LogP contribution < -0.4 is 15.8 Å². The number of aryl methyl sites for hydroxylation is 1. The van der Waals surface area contributed by atoms with E-state index in [4.69, 9.17) is 10.5 Å². The monoisotopic (exact) mass is 312 g/mol. The Bertz CT molecular complexity index is 653. The molecule has 2 aromatic carbocycles. The molecule has 0 spiro atoms. The van der Waals surface area contributed by atoms with Gasteiger partial charge in [0.25, 0.3) is 0 Å². The maximum absolute atomic E-state index is 12.4. The van der Waals surface area contributed by atoms with Gasteiger partial charge in [-0.2, -0.15) is 0 Å². The maximum Gasteiger partial charge on any atom is 0.244 e. The summed E-state index contributed by atoms with van der Waals surface area (Å²) in [5.74, 6) is 0.608. The average Bonchev–Trinajstić information content (AvgIpc) is 2.55. The van der Waals surface area contributed by atoms with Gasteiger partial charge in [-0.05, 0) is 38.0 Å². The van der Waals surface area contributed by atoms with Gasteiger partial charge in [0.15, 0.2) is 0 Å². The van der Waals surface area contributed by atoms with Gasteiger partial charge in [-0.15, -0.1) is 0 Å². The number of nitrogens with one attached hydrogen (secondary N) is 1. The molecule has 2 atom stereocenters. The third-order valence-corrected chi connectivity index (χ3v) is 3.82. The Balaban J connectivity index is 1.92. The Morgan fingerprint density at radius 2 is 1.78 bits per heavy atom. The summed E-state index contributed by atoms with van der Waals surface area (Å²) in [7, 11) is 0. The molecule has 0 heterocycles. The van der Waals surface area contributed by atoms with Crippen molar-refractivity contribution >= 4 is 5.91 Å². The zero-order chi connectivity index (χ0) is 16.9. The summed E-state index contributed by atoms with van der Waals surface area (Å²) in [5.41, 5.74) is 6.98. The SMILES string of the molecule is Cc1ccccc1OC(C)CNC(=O)C(C)(N)c1ccccc1. The van der Waals surface area contributed by atoms with E-state index in [1.54, 1.807) is 6.92 Å². The number of carbonyl (C=O) groups excluding carboxylic acids is 1. The van der Waals surface area contributed by atoms with E-state index >= 15 is 0 Å². The topological polar surface area (TPSA) is 64.3 Å². The quantitative estimate of drug-likeness (QED) is 0.862. The molecule has 0 aliphatic heterocycles. The normalized spacial score (nSPS) is 14.6. The molecule has 4 heteroatoms. The third-order valence-electron chi connectivity index (χ3n) is 3.82. The smallest absolute Gasteiger partial charge is 0.244 e. The summed E-state index contributed by atoms with van der Waals surface area (Å²) >= 11 is 0. The van der Waals surface area contributed by atoms with Crippen LogP contribution in [0.2, 0.25) is 0 Å². The van der Waals surface area contributed by atoms with Crippen molar-refractivity contribution in [3.63, 3.8) is 0 Å². The fourth-order valence-corrected chi connectivity index (χ4v) is 2.28. The highest BCUT2D eigenvalue weighted by Gasteiger charge is 2.30. The van der Waals surface area contributed by atoms with Crippen LogP contribution in [0, 0.1) is 6.92 Å². The summed E-state index contributed by atoms with van der Waals surface area (Å²) in [6.45, 7) is 6.02. The lowest BCUT2D eigenvalue weighted by atomic mass is 9.92. The summed E-state index contributed by atoms with van der Waals surface area (Å²) in [6, 6.07) is 17.2. The van der Waals surface area contributed by atoms with Crippen LogP contribution in [0.5, 0.6) is 5.75 Å². The fraction of sp³-hybridized carbons (Fsp3) is 0.316. The molecule has 0 aromatic heterocycles. The van der Waals surface area contributed by atoms with E-state index < -0.39 is 5.54 Å². The van der Waals surface area contributed by atoms with Crippen LogP contribution >= 0.6 is 0 Å². The second kappa shape index (κ2) is 7.29. The van der Waals surface area contributed by atoms with Gasteiger partial charge in [0.1, 0.15) is 17.4 Å². The lowest BCUT2D eigenvalue weighted by Gasteiger charge is -2.25. The lowest BCUT2D eigenvalue weighted by Crippen LogP contribution is -2.50. The van der Waals surface area contributed by atoms with Gasteiger partial charge in [-0.25, -0.2) is 0 Å². The second-order valence-electron chi connectivity index (χ2n) is 5.97. The number of ether oxygens (including phenoxy) is 1. The van der Waals surface area contributed by atoms with Crippen molar-refractivity contribution in [2.24, 2.45) is 5.73 Å². The van der Waals surface area contributed by atoms with Gasteiger partial charge in [0.05, 0.1) is 6.54 Å². The molecule has 0 saturated heterocycles. The first-order valence-electron chi connectivity index (χ1n) is 7.76. The molecule has 1 amide bonds. The number of para-hydroxylation sites is 1. The minimum absolute atomic E-state index is 0.147. The van der Waals surface area contributed by atoms with Crippen molar-refractivity contribution in [3.8, 4) is 5.75 Å². The Hall–Kier alpha value is -2.33. The van der Waals surface area contributed by atoms with Gasteiger partial charge < -0.3 is 15.8 Å². The molecule has 3 N–H and O–H groups in total. The van der Waals surface area contributed by atoms with Crippen molar-refractivity contribution in [1.82, 2.24) is 5.32 Å². The molecule has 0 radical (unpaired) electrons. The van der Waals surface area contributed by atoms with E-state index in [1.165, 1.54) is 0 Å². The van der Waals surface area contributed by atoms with E-state index in [1.807, 2.05) is 68.4 Å². The van der Waals surface area contributed by atoms with Crippen LogP contribution in [0.3, 0.4) is 0 Å². The molecule has 0 fully saturated rings. The van der Waals surface area contributed by atoms with Gasteiger partial charge in [0, 0.05) is 0 Å². The largest absolute Gasteiger partial charge is 0.489 e. The van der Waals surface area contributed by atoms with E-state index in [-0.39, 0.29) is 12.0 Å². The molecular formula is C19H24N2O2. The zero-order valence-electron chi connectivity index (χ0n) is 13.9. The van der Waals surface area contributed by atoms with E-state index in [9.17, 15) is 4.79 Å². The predicted octanol–water partition coefficient (Wildman–Crippen LogP) is 2.75. The minimum Gasteiger partial charge on any atom is -0.489 e. The van der Waals surface area contributed by atoms with Crippen LogP contribution in [-0.4, -0.2) is 18.6 Å². The molecule has 2 rings (SSSR count). The Morgan fingerprint density at radius 3 is 2.43 bits per heavy atom. The average molecular weight is 312 g/mol. The number of nitrogens with two attached hydrogens (primary N) is 1. The molecule has 0 aliphatic rings. The van der Waals surface area contributed by atoms with Crippen molar-refractivity contribution in [2.45, 2.75) is 32.4 Å². The molecule has 122 valence electrons. The number of hydrogen-bond acceptors (Lipinski definition) is 3. The first kappa shape index (κ1) is 17.0. The number of hydrogen-bond donors (Lipinski definition) is 2. The van der Waals surface area contributed by atoms with Crippen molar-refractivity contribution in [1.29, 1.82) is 0 Å². The van der Waals surface area contributed by atoms with E-state index in [2.05, 4.69) is 5.32 Å². The van der Waals surface area contributed by atoms with Gasteiger partial charge in [-0.1, -0.05) is 48.5 Å².